The minimum atomic E-state index is 0.334. The molecule has 112 valence electrons. The number of ether oxygens (including phenoxy) is 1. The first-order valence-corrected chi connectivity index (χ1v) is 8.22. The van der Waals surface area contributed by atoms with Crippen LogP contribution < -0.4 is 10.1 Å². The third-order valence-electron chi connectivity index (χ3n) is 3.93. The average molecular weight is 296 g/mol. The van der Waals surface area contributed by atoms with Gasteiger partial charge >= 0.3 is 0 Å². The Morgan fingerprint density at radius 3 is 2.90 bits per heavy atom. The zero-order valence-corrected chi connectivity index (χ0v) is 13.4. The zero-order valence-electron chi connectivity index (χ0n) is 12.6. The lowest BCUT2D eigenvalue weighted by molar-refractivity contribution is 0.129. The van der Waals surface area contributed by atoms with Crippen LogP contribution in [0.4, 0.5) is 0 Å². The van der Waals surface area contributed by atoms with Gasteiger partial charge in [-0.1, -0.05) is 37.9 Å². The van der Waals surface area contributed by atoms with Crippen molar-refractivity contribution < 1.29 is 4.74 Å². The summed E-state index contributed by atoms with van der Waals surface area (Å²) in [6.45, 7) is 6.38. The van der Waals surface area contributed by atoms with Crippen LogP contribution in [0, 0.1) is 5.92 Å². The molecule has 1 aliphatic carbocycles. The quantitative estimate of drug-likeness (QED) is 0.761. The Balaban J connectivity index is 1.91. The van der Waals surface area contributed by atoms with Crippen molar-refractivity contribution in [2.24, 2.45) is 5.92 Å². The molecule has 2 unspecified atom stereocenters. The fraction of sp³-hybridized carbons (Fsp3) is 0.647. The third kappa shape index (κ3) is 4.68. The van der Waals surface area contributed by atoms with Gasteiger partial charge in [0.15, 0.2) is 0 Å². The lowest BCUT2D eigenvalue weighted by Crippen LogP contribution is -2.24. The average Bonchev–Trinajstić information content (AvgIpc) is 2.42. The van der Waals surface area contributed by atoms with Crippen molar-refractivity contribution in [3.8, 4) is 5.75 Å². The summed E-state index contributed by atoms with van der Waals surface area (Å²) in [5, 5.41) is 4.12. The van der Waals surface area contributed by atoms with Gasteiger partial charge in [-0.05, 0) is 55.8 Å². The summed E-state index contributed by atoms with van der Waals surface area (Å²) >= 11 is 6.35. The van der Waals surface area contributed by atoms with E-state index in [0.717, 1.165) is 49.0 Å². The number of rotatable bonds is 6. The Morgan fingerprint density at radius 1 is 1.35 bits per heavy atom. The molecule has 0 heterocycles. The SMILES string of the molecule is CCCNCc1ccc(OC2CCCC(C)C2)c(Cl)c1. The molecule has 0 amide bonds. The molecule has 1 aromatic rings. The fourth-order valence-corrected chi connectivity index (χ4v) is 3.07. The van der Waals surface area contributed by atoms with Gasteiger partial charge in [0.2, 0.25) is 0 Å². The van der Waals surface area contributed by atoms with Gasteiger partial charge in [0.05, 0.1) is 11.1 Å². The zero-order chi connectivity index (χ0) is 14.4. The molecule has 0 bridgehead atoms. The van der Waals surface area contributed by atoms with Crippen LogP contribution >= 0.6 is 11.6 Å². The van der Waals surface area contributed by atoms with Crippen LogP contribution in [0.15, 0.2) is 18.2 Å². The van der Waals surface area contributed by atoms with Crippen LogP contribution in [0.25, 0.3) is 0 Å². The van der Waals surface area contributed by atoms with Crippen molar-refractivity contribution in [2.45, 2.75) is 58.6 Å². The molecule has 1 fully saturated rings. The van der Waals surface area contributed by atoms with E-state index in [1.807, 2.05) is 12.1 Å². The van der Waals surface area contributed by atoms with Gasteiger partial charge in [0.1, 0.15) is 5.75 Å². The molecule has 3 heteroatoms. The maximum absolute atomic E-state index is 6.35. The van der Waals surface area contributed by atoms with Crippen molar-refractivity contribution in [1.29, 1.82) is 0 Å². The molecule has 1 aliphatic rings. The van der Waals surface area contributed by atoms with Gasteiger partial charge in [-0.15, -0.1) is 0 Å². The van der Waals surface area contributed by atoms with Crippen LogP contribution in [-0.4, -0.2) is 12.6 Å². The Labute approximate surface area is 127 Å². The lowest BCUT2D eigenvalue weighted by Gasteiger charge is -2.27. The maximum atomic E-state index is 6.35. The second-order valence-electron chi connectivity index (χ2n) is 5.95. The number of nitrogens with one attached hydrogen (secondary N) is 1. The van der Waals surface area contributed by atoms with Gasteiger partial charge < -0.3 is 10.1 Å². The molecule has 1 saturated carbocycles. The number of halogens is 1. The lowest BCUT2D eigenvalue weighted by atomic mass is 9.89. The first kappa shape index (κ1) is 15.7. The third-order valence-corrected chi connectivity index (χ3v) is 4.23. The van der Waals surface area contributed by atoms with Gasteiger partial charge in [0.25, 0.3) is 0 Å². The fourth-order valence-electron chi connectivity index (χ4n) is 2.82. The van der Waals surface area contributed by atoms with E-state index >= 15 is 0 Å². The molecule has 20 heavy (non-hydrogen) atoms. The van der Waals surface area contributed by atoms with E-state index in [0.29, 0.717) is 6.10 Å². The van der Waals surface area contributed by atoms with E-state index < -0.39 is 0 Å². The smallest absolute Gasteiger partial charge is 0.138 e. The van der Waals surface area contributed by atoms with Crippen LogP contribution in [-0.2, 0) is 6.54 Å². The summed E-state index contributed by atoms with van der Waals surface area (Å²) in [4.78, 5) is 0. The molecular formula is C17H26ClNO. The molecule has 0 radical (unpaired) electrons. The minimum absolute atomic E-state index is 0.334. The van der Waals surface area contributed by atoms with E-state index in [4.69, 9.17) is 16.3 Å². The molecule has 1 N–H and O–H groups in total. The topological polar surface area (TPSA) is 21.3 Å². The highest BCUT2D eigenvalue weighted by Crippen LogP contribution is 2.31. The highest BCUT2D eigenvalue weighted by molar-refractivity contribution is 6.32. The predicted molar refractivity (Wildman–Crippen MR) is 85.5 cm³/mol. The van der Waals surface area contributed by atoms with E-state index in [2.05, 4.69) is 25.2 Å². The Morgan fingerprint density at radius 2 is 2.20 bits per heavy atom. The molecule has 0 saturated heterocycles. The second-order valence-corrected chi connectivity index (χ2v) is 6.36. The highest BCUT2D eigenvalue weighted by atomic mass is 35.5. The molecule has 0 aliphatic heterocycles. The van der Waals surface area contributed by atoms with Crippen LogP contribution in [0.2, 0.25) is 5.02 Å². The maximum Gasteiger partial charge on any atom is 0.138 e. The van der Waals surface area contributed by atoms with Gasteiger partial charge in [-0.2, -0.15) is 0 Å². The van der Waals surface area contributed by atoms with Gasteiger partial charge in [-0.3, -0.25) is 0 Å². The van der Waals surface area contributed by atoms with E-state index in [1.165, 1.54) is 18.4 Å². The van der Waals surface area contributed by atoms with Crippen molar-refractivity contribution in [2.75, 3.05) is 6.54 Å². The minimum Gasteiger partial charge on any atom is -0.489 e. The number of hydrogen-bond donors (Lipinski definition) is 1. The number of hydrogen-bond acceptors (Lipinski definition) is 2. The molecule has 2 nitrogen and oxygen atoms in total. The molecular weight excluding hydrogens is 270 g/mol. The summed E-state index contributed by atoms with van der Waals surface area (Å²) < 4.78 is 6.08. The largest absolute Gasteiger partial charge is 0.489 e. The molecule has 2 rings (SSSR count). The summed E-state index contributed by atoms with van der Waals surface area (Å²) in [7, 11) is 0. The highest BCUT2D eigenvalue weighted by Gasteiger charge is 2.20. The first-order valence-electron chi connectivity index (χ1n) is 7.84. The van der Waals surface area contributed by atoms with E-state index in [-0.39, 0.29) is 0 Å². The summed E-state index contributed by atoms with van der Waals surface area (Å²) in [6, 6.07) is 6.15. The Kier molecular flexibility index (Phi) is 6.18. The van der Waals surface area contributed by atoms with Gasteiger partial charge in [0, 0.05) is 6.54 Å². The standard InChI is InChI=1S/C17H26ClNO/c1-3-9-19-12-14-7-8-17(16(18)11-14)20-15-6-4-5-13(2)10-15/h7-8,11,13,15,19H,3-6,9-10,12H2,1-2H3. The summed E-state index contributed by atoms with van der Waals surface area (Å²) in [5.41, 5.74) is 1.22. The van der Waals surface area contributed by atoms with Crippen LogP contribution in [0.3, 0.4) is 0 Å². The molecule has 0 aromatic heterocycles. The summed E-state index contributed by atoms with van der Waals surface area (Å²) in [5.74, 6) is 1.61. The summed E-state index contributed by atoms with van der Waals surface area (Å²) in [6.07, 6.45) is 6.38. The van der Waals surface area contributed by atoms with Crippen molar-refractivity contribution in [1.82, 2.24) is 5.32 Å². The predicted octanol–water partition coefficient (Wildman–Crippen LogP) is 4.80. The normalized spacial score (nSPS) is 22.8. The Bertz CT molecular complexity index is 421. The van der Waals surface area contributed by atoms with Crippen molar-refractivity contribution in [3.63, 3.8) is 0 Å². The molecule has 2 atom stereocenters. The Hall–Kier alpha value is -0.730. The van der Waals surface area contributed by atoms with E-state index in [9.17, 15) is 0 Å². The van der Waals surface area contributed by atoms with Crippen LogP contribution in [0.5, 0.6) is 5.75 Å². The van der Waals surface area contributed by atoms with Crippen molar-refractivity contribution in [3.05, 3.63) is 28.8 Å². The monoisotopic (exact) mass is 295 g/mol. The van der Waals surface area contributed by atoms with E-state index in [1.54, 1.807) is 0 Å². The molecule has 0 spiro atoms. The molecule has 1 aromatic carbocycles. The van der Waals surface area contributed by atoms with Crippen LogP contribution in [0.1, 0.15) is 51.5 Å². The van der Waals surface area contributed by atoms with Crippen molar-refractivity contribution >= 4 is 11.6 Å². The van der Waals surface area contributed by atoms with Gasteiger partial charge in [-0.25, -0.2) is 0 Å². The second kappa shape index (κ2) is 7.90. The first-order chi connectivity index (χ1) is 9.69. The number of benzene rings is 1.